The number of hydrogen-bond acceptors (Lipinski definition) is 6. The summed E-state index contributed by atoms with van der Waals surface area (Å²) in [6.07, 6.45) is 1.81. The van der Waals surface area contributed by atoms with Crippen molar-refractivity contribution in [1.29, 1.82) is 0 Å². The van der Waals surface area contributed by atoms with Crippen molar-refractivity contribution in [1.82, 2.24) is 9.97 Å². The molecule has 0 bridgehead atoms. The van der Waals surface area contributed by atoms with Crippen LogP contribution in [0.1, 0.15) is 16.1 Å². The molecule has 1 aliphatic rings. The van der Waals surface area contributed by atoms with Gasteiger partial charge >= 0.3 is 0 Å². The molecule has 0 aliphatic carbocycles. The fraction of sp³-hybridized carbons (Fsp3) is 0.250. The topological polar surface area (TPSA) is 67.4 Å². The zero-order chi connectivity index (χ0) is 18.6. The van der Waals surface area contributed by atoms with Gasteiger partial charge in [0.1, 0.15) is 16.5 Å². The van der Waals surface area contributed by atoms with Gasteiger partial charge in [-0.25, -0.2) is 9.97 Å². The molecule has 0 spiro atoms. The molecule has 27 heavy (non-hydrogen) atoms. The zero-order valence-corrected chi connectivity index (χ0v) is 15.8. The van der Waals surface area contributed by atoms with Crippen molar-refractivity contribution in [3.05, 3.63) is 59.2 Å². The molecule has 2 aromatic heterocycles. The fourth-order valence-electron chi connectivity index (χ4n) is 2.90. The number of aromatic nitrogens is 2. The van der Waals surface area contributed by atoms with E-state index in [0.717, 1.165) is 53.9 Å². The average Bonchev–Trinajstić information content (AvgIpc) is 3.21. The lowest BCUT2D eigenvalue weighted by molar-refractivity contribution is 0.102. The Morgan fingerprint density at radius 3 is 2.74 bits per heavy atom. The molecule has 1 N–H and O–H groups in total. The van der Waals surface area contributed by atoms with Gasteiger partial charge in [-0.3, -0.25) is 4.79 Å². The van der Waals surface area contributed by atoms with Gasteiger partial charge in [0.15, 0.2) is 0 Å². The molecule has 0 unspecified atom stereocenters. The van der Waals surface area contributed by atoms with Crippen molar-refractivity contribution >= 4 is 28.7 Å². The number of rotatable bonds is 4. The van der Waals surface area contributed by atoms with E-state index in [0.29, 0.717) is 5.69 Å². The second-order valence-corrected chi connectivity index (χ2v) is 7.17. The van der Waals surface area contributed by atoms with Gasteiger partial charge in [0, 0.05) is 35.9 Å². The number of morpholine rings is 1. The van der Waals surface area contributed by atoms with Crippen LogP contribution in [0.25, 0.3) is 10.6 Å². The minimum atomic E-state index is -0.204. The maximum atomic E-state index is 12.5. The van der Waals surface area contributed by atoms with Crippen LogP contribution >= 0.6 is 11.3 Å². The number of pyridine rings is 1. The summed E-state index contributed by atoms with van der Waals surface area (Å²) in [5.74, 6) is 0.737. The molecular formula is C20H20N4O2S. The summed E-state index contributed by atoms with van der Waals surface area (Å²) in [5, 5.41) is 5.47. The molecule has 0 saturated carbocycles. The van der Waals surface area contributed by atoms with Crippen LogP contribution in [0.15, 0.2) is 48.0 Å². The lowest BCUT2D eigenvalue weighted by Gasteiger charge is -2.27. The van der Waals surface area contributed by atoms with Gasteiger partial charge in [-0.05, 0) is 30.7 Å². The van der Waals surface area contributed by atoms with E-state index in [1.165, 1.54) is 11.3 Å². The monoisotopic (exact) mass is 380 g/mol. The Morgan fingerprint density at radius 1 is 1.19 bits per heavy atom. The molecule has 6 nitrogen and oxygen atoms in total. The highest BCUT2D eigenvalue weighted by molar-refractivity contribution is 7.13. The van der Waals surface area contributed by atoms with Crippen molar-refractivity contribution < 1.29 is 9.53 Å². The zero-order valence-electron chi connectivity index (χ0n) is 15.0. The van der Waals surface area contributed by atoms with Gasteiger partial charge < -0.3 is 15.0 Å². The number of carbonyl (C=O) groups excluding carboxylic acids is 1. The molecule has 1 aliphatic heterocycles. The first kappa shape index (κ1) is 17.6. The van der Waals surface area contributed by atoms with Crippen LogP contribution in [-0.2, 0) is 4.74 Å². The fourth-order valence-corrected chi connectivity index (χ4v) is 3.69. The van der Waals surface area contributed by atoms with E-state index in [-0.39, 0.29) is 5.91 Å². The van der Waals surface area contributed by atoms with Gasteiger partial charge in [0.25, 0.3) is 5.91 Å². The summed E-state index contributed by atoms with van der Waals surface area (Å²) in [6.45, 7) is 5.13. The molecule has 1 saturated heterocycles. The number of aryl methyl sites for hydroxylation is 1. The first-order valence-corrected chi connectivity index (χ1v) is 9.70. The SMILES string of the molecule is Cc1ccccc1NC(=O)c1csc(-c2ccc(N3CCOCC3)nc2)n1. The molecule has 1 fully saturated rings. The maximum absolute atomic E-state index is 12.5. The molecule has 7 heteroatoms. The van der Waals surface area contributed by atoms with Crippen LogP contribution in [0.5, 0.6) is 0 Å². The Balaban J connectivity index is 1.47. The molecular weight excluding hydrogens is 360 g/mol. The van der Waals surface area contributed by atoms with Crippen LogP contribution in [-0.4, -0.2) is 42.2 Å². The molecule has 138 valence electrons. The molecule has 1 amide bonds. The third-order valence-corrected chi connectivity index (χ3v) is 5.35. The van der Waals surface area contributed by atoms with Crippen molar-refractivity contribution in [2.24, 2.45) is 0 Å². The summed E-state index contributed by atoms with van der Waals surface area (Å²) in [4.78, 5) is 23.7. The highest BCUT2D eigenvalue weighted by atomic mass is 32.1. The molecule has 0 atom stereocenters. The third kappa shape index (κ3) is 3.99. The molecule has 3 aromatic rings. The van der Waals surface area contributed by atoms with Gasteiger partial charge in [-0.15, -0.1) is 11.3 Å². The Labute approximate surface area is 161 Å². The number of nitrogens with one attached hydrogen (secondary N) is 1. The van der Waals surface area contributed by atoms with Gasteiger partial charge in [-0.1, -0.05) is 18.2 Å². The Morgan fingerprint density at radius 2 is 2.00 bits per heavy atom. The molecule has 4 rings (SSSR count). The lowest BCUT2D eigenvalue weighted by atomic mass is 10.2. The van der Waals surface area contributed by atoms with Crippen LogP contribution in [0.3, 0.4) is 0 Å². The summed E-state index contributed by atoms with van der Waals surface area (Å²) < 4.78 is 5.37. The Hall–Kier alpha value is -2.77. The molecule has 3 heterocycles. The average molecular weight is 380 g/mol. The van der Waals surface area contributed by atoms with E-state index < -0.39 is 0 Å². The van der Waals surface area contributed by atoms with Crippen LogP contribution in [0.2, 0.25) is 0 Å². The number of ether oxygens (including phenoxy) is 1. The van der Waals surface area contributed by atoms with E-state index in [1.807, 2.05) is 49.5 Å². The van der Waals surface area contributed by atoms with Crippen molar-refractivity contribution in [3.63, 3.8) is 0 Å². The number of para-hydroxylation sites is 1. The molecule has 0 radical (unpaired) electrons. The number of benzene rings is 1. The largest absolute Gasteiger partial charge is 0.378 e. The highest BCUT2D eigenvalue weighted by Crippen LogP contribution is 2.25. The standard InChI is InChI=1S/C20H20N4O2S/c1-14-4-2-3-5-16(14)22-19(25)17-13-27-20(23-17)15-6-7-18(21-12-15)24-8-10-26-11-9-24/h2-7,12-13H,8-11H2,1H3,(H,22,25). The number of thiazole rings is 1. The summed E-state index contributed by atoms with van der Waals surface area (Å²) in [7, 11) is 0. The van der Waals surface area contributed by atoms with Gasteiger partial charge in [0.2, 0.25) is 0 Å². The number of anilines is 2. The van der Waals surface area contributed by atoms with E-state index in [1.54, 1.807) is 5.38 Å². The second kappa shape index (κ2) is 7.85. The van der Waals surface area contributed by atoms with E-state index >= 15 is 0 Å². The second-order valence-electron chi connectivity index (χ2n) is 6.31. The predicted octanol–water partition coefficient (Wildman–Crippen LogP) is 3.60. The van der Waals surface area contributed by atoms with E-state index in [9.17, 15) is 4.79 Å². The third-order valence-electron chi connectivity index (χ3n) is 4.46. The lowest BCUT2D eigenvalue weighted by Crippen LogP contribution is -2.36. The van der Waals surface area contributed by atoms with Crippen LogP contribution in [0.4, 0.5) is 11.5 Å². The Kier molecular flexibility index (Phi) is 5.13. The van der Waals surface area contributed by atoms with E-state index in [4.69, 9.17) is 4.74 Å². The smallest absolute Gasteiger partial charge is 0.275 e. The predicted molar refractivity (Wildman–Crippen MR) is 108 cm³/mol. The summed E-state index contributed by atoms with van der Waals surface area (Å²) >= 11 is 1.44. The van der Waals surface area contributed by atoms with Gasteiger partial charge in [0.05, 0.1) is 13.2 Å². The quantitative estimate of drug-likeness (QED) is 0.749. The van der Waals surface area contributed by atoms with E-state index in [2.05, 4.69) is 20.2 Å². The first-order valence-electron chi connectivity index (χ1n) is 8.82. The minimum Gasteiger partial charge on any atom is -0.378 e. The number of carbonyl (C=O) groups is 1. The summed E-state index contributed by atoms with van der Waals surface area (Å²) in [6, 6.07) is 11.7. The van der Waals surface area contributed by atoms with Crippen molar-refractivity contribution in [2.75, 3.05) is 36.5 Å². The number of hydrogen-bond donors (Lipinski definition) is 1. The Bertz CT molecular complexity index is 933. The van der Waals surface area contributed by atoms with Crippen molar-refractivity contribution in [3.8, 4) is 10.6 Å². The number of amides is 1. The highest BCUT2D eigenvalue weighted by Gasteiger charge is 2.15. The van der Waals surface area contributed by atoms with Crippen LogP contribution in [0, 0.1) is 6.92 Å². The van der Waals surface area contributed by atoms with Gasteiger partial charge in [-0.2, -0.15) is 0 Å². The maximum Gasteiger partial charge on any atom is 0.275 e. The number of nitrogens with zero attached hydrogens (tertiary/aromatic N) is 3. The molecule has 1 aromatic carbocycles. The normalized spacial score (nSPS) is 14.2. The van der Waals surface area contributed by atoms with Crippen LogP contribution < -0.4 is 10.2 Å². The minimum absolute atomic E-state index is 0.204. The first-order chi connectivity index (χ1) is 13.2. The summed E-state index contributed by atoms with van der Waals surface area (Å²) in [5.41, 5.74) is 3.14. The van der Waals surface area contributed by atoms with Crippen molar-refractivity contribution in [2.45, 2.75) is 6.92 Å².